The average molecular weight is 1610 g/mol. The van der Waals surface area contributed by atoms with Crippen LogP contribution in [0.2, 0.25) is 0 Å². The third-order valence-electron chi connectivity index (χ3n) is 23.3. The van der Waals surface area contributed by atoms with Gasteiger partial charge in [0, 0.05) is 39.6 Å². The Labute approximate surface area is 723 Å². The molecule has 24 aromatic rings. The van der Waals surface area contributed by atoms with E-state index >= 15 is 0 Å². The summed E-state index contributed by atoms with van der Waals surface area (Å²) >= 11 is 0. The summed E-state index contributed by atoms with van der Waals surface area (Å²) in [6, 6.07) is 143. The lowest BCUT2D eigenvalue weighted by Crippen LogP contribution is -2.00. The molecule has 24 rings (SSSR count). The highest BCUT2D eigenvalue weighted by atomic mass is 16.3. The Bertz CT molecular complexity index is 7850. The predicted octanol–water partition coefficient (Wildman–Crippen LogP) is 28.5. The SMILES string of the molecule is c1ccc(-c2ccc(-c3nc(-c4ccccc4)nc(-c4cccc(-c5cccc(-c6cccc(-c7ccc8c(ccc9oc%10nc%11ccccc%11nc%10c98)c7)c6)c5)c4)n3)cc2)cc1.c1ccc(-c2ccc(-c3nc(-c4ccccc4)nc(-c4cccc(-c5cccc(-c6cccc(-c7ccc8c(ccc9oc%10nc%11cccnc%11nc%10c98)c7)c6)c5)c4)n3)cc2)cc1. The summed E-state index contributed by atoms with van der Waals surface area (Å²) in [4.78, 5) is 53.8. The van der Waals surface area contributed by atoms with Crippen LogP contribution >= 0.6 is 0 Å². The van der Waals surface area contributed by atoms with Crippen molar-refractivity contribution in [2.75, 3.05) is 0 Å². The molecule has 0 radical (unpaired) electrons. The molecule has 0 atom stereocenters. The molecule has 13 heteroatoms. The molecule has 17 aromatic carbocycles. The van der Waals surface area contributed by atoms with Crippen molar-refractivity contribution in [2.45, 2.75) is 0 Å². The Morgan fingerprint density at radius 3 is 0.810 bits per heavy atom. The molecule has 588 valence electrons. The van der Waals surface area contributed by atoms with Gasteiger partial charge in [0.05, 0.1) is 21.8 Å². The van der Waals surface area contributed by atoms with Gasteiger partial charge in [-0.25, -0.2) is 54.8 Å². The number of benzene rings is 17. The second-order valence-electron chi connectivity index (χ2n) is 31.3. The van der Waals surface area contributed by atoms with E-state index < -0.39 is 0 Å². The van der Waals surface area contributed by atoms with E-state index in [9.17, 15) is 0 Å². The summed E-state index contributed by atoms with van der Waals surface area (Å²) in [5.74, 6) is 3.75. The van der Waals surface area contributed by atoms with Gasteiger partial charge in [0.1, 0.15) is 27.7 Å². The largest absolute Gasteiger partial charge is 0.436 e. The lowest BCUT2D eigenvalue weighted by Gasteiger charge is -2.11. The van der Waals surface area contributed by atoms with E-state index in [1.54, 1.807) is 6.20 Å². The predicted molar refractivity (Wildman–Crippen MR) is 509 cm³/mol. The molecule has 0 aliphatic heterocycles. The molecular weight excluding hydrogens is 1540 g/mol. The molecule has 0 saturated heterocycles. The summed E-state index contributed by atoms with van der Waals surface area (Å²) in [6.45, 7) is 0. The van der Waals surface area contributed by atoms with Crippen LogP contribution in [-0.2, 0) is 0 Å². The van der Waals surface area contributed by atoms with E-state index in [4.69, 9.17) is 58.7 Å². The Kier molecular flexibility index (Phi) is 18.6. The summed E-state index contributed by atoms with van der Waals surface area (Å²) in [5.41, 5.74) is 30.7. The van der Waals surface area contributed by atoms with E-state index in [2.05, 4.69) is 296 Å². The van der Waals surface area contributed by atoms with E-state index in [-0.39, 0.29) is 0 Å². The highest BCUT2D eigenvalue weighted by Crippen LogP contribution is 2.42. The van der Waals surface area contributed by atoms with Crippen LogP contribution in [0.5, 0.6) is 0 Å². The second-order valence-corrected chi connectivity index (χ2v) is 31.3. The molecule has 0 spiro atoms. The normalized spacial score (nSPS) is 11.5. The molecule has 7 heterocycles. The fraction of sp³-hybridized carbons (Fsp3) is 0. The highest BCUT2D eigenvalue weighted by molar-refractivity contribution is 6.19. The van der Waals surface area contributed by atoms with Gasteiger partial charge in [-0.15, -0.1) is 0 Å². The smallest absolute Gasteiger partial charge is 0.247 e. The number of furan rings is 2. The first-order valence-electron chi connectivity index (χ1n) is 41.8. The van der Waals surface area contributed by atoms with Crippen molar-refractivity contribution in [1.29, 1.82) is 0 Å². The Hall–Kier alpha value is -17.3. The van der Waals surface area contributed by atoms with Crippen molar-refractivity contribution in [3.05, 3.63) is 419 Å². The monoisotopic (exact) mass is 1610 g/mol. The molecule has 126 heavy (non-hydrogen) atoms. The summed E-state index contributed by atoms with van der Waals surface area (Å²) in [6.07, 6.45) is 1.74. The molecule has 0 saturated carbocycles. The number of nitrogens with zero attached hydrogens (tertiary/aromatic N) is 11. The van der Waals surface area contributed by atoms with Gasteiger partial charge in [-0.2, -0.15) is 0 Å². The van der Waals surface area contributed by atoms with Crippen LogP contribution in [0.1, 0.15) is 0 Å². The maximum Gasteiger partial charge on any atom is 0.247 e. The number of pyridine rings is 1. The first-order chi connectivity index (χ1) is 62.3. The molecule has 0 N–H and O–H groups in total. The highest BCUT2D eigenvalue weighted by Gasteiger charge is 2.22. The number of fused-ring (bicyclic) bond motifs is 12. The topological polar surface area (TPSA) is 168 Å². The van der Waals surface area contributed by atoms with Crippen molar-refractivity contribution < 1.29 is 8.83 Å². The molecule has 0 aliphatic rings. The first-order valence-corrected chi connectivity index (χ1v) is 41.8. The van der Waals surface area contributed by atoms with Gasteiger partial charge >= 0.3 is 0 Å². The van der Waals surface area contributed by atoms with Gasteiger partial charge < -0.3 is 8.83 Å². The molecule has 0 bridgehead atoms. The summed E-state index contributed by atoms with van der Waals surface area (Å²) in [7, 11) is 0. The minimum Gasteiger partial charge on any atom is -0.436 e. The maximum absolute atomic E-state index is 6.19. The van der Waals surface area contributed by atoms with Gasteiger partial charge in [-0.3, -0.25) is 0 Å². The van der Waals surface area contributed by atoms with Crippen LogP contribution in [0.3, 0.4) is 0 Å². The zero-order chi connectivity index (χ0) is 83.4. The van der Waals surface area contributed by atoms with Crippen LogP contribution < -0.4 is 0 Å². The Morgan fingerprint density at radius 2 is 0.429 bits per heavy atom. The van der Waals surface area contributed by atoms with Gasteiger partial charge in [0.15, 0.2) is 40.6 Å². The second kappa shape index (κ2) is 31.7. The average Bonchev–Trinajstić information content (AvgIpc) is 1.59. The summed E-state index contributed by atoms with van der Waals surface area (Å²) in [5, 5.41) is 6.31. The van der Waals surface area contributed by atoms with Crippen molar-refractivity contribution in [2.24, 2.45) is 0 Å². The van der Waals surface area contributed by atoms with Crippen LogP contribution in [0, 0.1) is 0 Å². The minimum atomic E-state index is 0.516. The maximum atomic E-state index is 6.19. The standard InChI is InChI=1S/C57H35N5O.C56H34N6O/c1-3-12-36(13-4-1)37-24-26-39(27-25-37)55-60-54(38-14-5-2-6-15-38)61-56(62-55)47-21-11-20-44(35-47)42-18-9-16-40(32-42)41-17-10-19-43(33-41)45-28-30-48-46(34-45)29-31-51-52(48)53-57(63-51)59-50-23-8-7-22-49(50)58-53;1-3-11-35(12-4-1)36-22-24-38(25-23-36)53-60-52(37-13-5-2-6-14-37)61-54(62-53)46-20-9-19-43(34-46)41-17-7-15-39(31-41)40-16-8-18-42(32-40)44-26-28-47-45(33-44)27-29-49-50(47)51-56(63-49)58-48-21-10-30-57-55(48)59-51/h1-35H;1-34H. The molecule has 13 nitrogen and oxygen atoms in total. The molecular formula is C113H69N11O2. The molecule has 7 aromatic heterocycles. The Morgan fingerprint density at radius 1 is 0.167 bits per heavy atom. The lowest BCUT2D eigenvalue weighted by molar-refractivity contribution is 0.655. The number of hydrogen-bond acceptors (Lipinski definition) is 13. The fourth-order valence-electron chi connectivity index (χ4n) is 17.0. The third-order valence-corrected chi connectivity index (χ3v) is 23.3. The van der Waals surface area contributed by atoms with Crippen molar-refractivity contribution in [3.63, 3.8) is 0 Å². The number of para-hydroxylation sites is 2. The van der Waals surface area contributed by atoms with Crippen LogP contribution in [0.4, 0.5) is 0 Å². The van der Waals surface area contributed by atoms with Gasteiger partial charge in [-0.1, -0.05) is 328 Å². The van der Waals surface area contributed by atoms with Crippen LogP contribution in [-0.4, -0.2) is 54.8 Å². The lowest BCUT2D eigenvalue weighted by atomic mass is 9.94. The van der Waals surface area contributed by atoms with E-state index in [1.165, 1.54) is 11.1 Å². The van der Waals surface area contributed by atoms with Gasteiger partial charge in [-0.05, 0) is 195 Å². The number of rotatable bonds is 14. The van der Waals surface area contributed by atoms with Crippen LogP contribution in [0.15, 0.2) is 428 Å². The van der Waals surface area contributed by atoms with Crippen molar-refractivity contribution in [3.8, 4) is 157 Å². The van der Waals surface area contributed by atoms with Crippen LogP contribution in [0.25, 0.3) is 245 Å². The zero-order valence-electron chi connectivity index (χ0n) is 67.6. The molecule has 0 fully saturated rings. The quantitative estimate of drug-likeness (QED) is 0.101. The molecule has 0 aliphatic carbocycles. The molecule has 0 amide bonds. The summed E-state index contributed by atoms with van der Waals surface area (Å²) < 4.78 is 12.4. The van der Waals surface area contributed by atoms with Gasteiger partial charge in [0.2, 0.25) is 11.4 Å². The van der Waals surface area contributed by atoms with E-state index in [0.29, 0.717) is 57.5 Å². The number of hydrogen-bond donors (Lipinski definition) is 0. The first kappa shape index (κ1) is 73.8. The molecule has 0 unspecified atom stereocenters. The fourth-order valence-corrected chi connectivity index (χ4v) is 17.0. The Balaban J connectivity index is 0.000000145. The minimum absolute atomic E-state index is 0.516. The zero-order valence-corrected chi connectivity index (χ0v) is 67.6. The number of aromatic nitrogens is 11. The van der Waals surface area contributed by atoms with Gasteiger partial charge in [0.25, 0.3) is 0 Å². The third kappa shape index (κ3) is 14.3. The van der Waals surface area contributed by atoms with E-state index in [1.807, 2.05) is 121 Å². The van der Waals surface area contributed by atoms with E-state index in [0.717, 1.165) is 177 Å². The van der Waals surface area contributed by atoms with Crippen molar-refractivity contribution >= 4 is 88.1 Å². The van der Waals surface area contributed by atoms with Crippen molar-refractivity contribution in [1.82, 2.24) is 54.8 Å².